The summed E-state index contributed by atoms with van der Waals surface area (Å²) in [6.07, 6.45) is 0.445. The SMILES string of the molecule is O=C(Cn1nnc(-c2ccccc2)n1)N(Cc1ccccc1)[C@@H]1CCS(=O)(=O)C1. The first-order chi connectivity index (χ1) is 14.0. The zero-order chi connectivity index (χ0) is 20.3. The Bertz CT molecular complexity index is 1080. The molecule has 150 valence electrons. The number of aromatic nitrogens is 4. The van der Waals surface area contributed by atoms with E-state index in [9.17, 15) is 13.2 Å². The van der Waals surface area contributed by atoms with E-state index in [1.165, 1.54) is 4.80 Å². The molecule has 0 saturated carbocycles. The lowest BCUT2D eigenvalue weighted by molar-refractivity contribution is -0.134. The Morgan fingerprint density at radius 3 is 2.41 bits per heavy atom. The van der Waals surface area contributed by atoms with Crippen LogP contribution in [0.25, 0.3) is 11.4 Å². The first kappa shape index (κ1) is 19.3. The number of hydrogen-bond acceptors (Lipinski definition) is 6. The van der Waals surface area contributed by atoms with Crippen molar-refractivity contribution in [2.45, 2.75) is 25.6 Å². The van der Waals surface area contributed by atoms with Gasteiger partial charge < -0.3 is 4.90 Å². The van der Waals surface area contributed by atoms with Crippen molar-refractivity contribution in [1.82, 2.24) is 25.1 Å². The first-order valence-electron chi connectivity index (χ1n) is 9.37. The monoisotopic (exact) mass is 411 g/mol. The zero-order valence-corrected chi connectivity index (χ0v) is 16.6. The molecule has 2 heterocycles. The normalized spacial score (nSPS) is 17.9. The summed E-state index contributed by atoms with van der Waals surface area (Å²) >= 11 is 0. The first-order valence-corrected chi connectivity index (χ1v) is 11.2. The van der Waals surface area contributed by atoms with E-state index in [2.05, 4.69) is 15.4 Å². The van der Waals surface area contributed by atoms with Crippen LogP contribution in [-0.4, -0.2) is 57.0 Å². The van der Waals surface area contributed by atoms with Crippen LogP contribution in [0.2, 0.25) is 0 Å². The highest BCUT2D eigenvalue weighted by molar-refractivity contribution is 7.91. The van der Waals surface area contributed by atoms with Crippen molar-refractivity contribution in [1.29, 1.82) is 0 Å². The predicted octanol–water partition coefficient (Wildman–Crippen LogP) is 1.56. The Morgan fingerprint density at radius 1 is 1.07 bits per heavy atom. The highest BCUT2D eigenvalue weighted by Gasteiger charge is 2.35. The van der Waals surface area contributed by atoms with Crippen molar-refractivity contribution in [2.75, 3.05) is 11.5 Å². The summed E-state index contributed by atoms with van der Waals surface area (Å²) in [6.45, 7) is 0.253. The van der Waals surface area contributed by atoms with Gasteiger partial charge >= 0.3 is 0 Å². The van der Waals surface area contributed by atoms with Gasteiger partial charge in [-0.2, -0.15) is 4.80 Å². The minimum Gasteiger partial charge on any atom is -0.333 e. The van der Waals surface area contributed by atoms with Crippen molar-refractivity contribution >= 4 is 15.7 Å². The van der Waals surface area contributed by atoms with E-state index in [4.69, 9.17) is 0 Å². The van der Waals surface area contributed by atoms with E-state index in [-0.39, 0.29) is 30.0 Å². The van der Waals surface area contributed by atoms with E-state index in [0.29, 0.717) is 18.8 Å². The van der Waals surface area contributed by atoms with Gasteiger partial charge in [0.05, 0.1) is 11.5 Å². The molecule has 3 aromatic rings. The minimum atomic E-state index is -3.12. The maximum Gasteiger partial charge on any atom is 0.246 e. The zero-order valence-electron chi connectivity index (χ0n) is 15.8. The van der Waals surface area contributed by atoms with Crippen molar-refractivity contribution in [3.63, 3.8) is 0 Å². The predicted molar refractivity (Wildman–Crippen MR) is 107 cm³/mol. The summed E-state index contributed by atoms with van der Waals surface area (Å²) < 4.78 is 23.9. The van der Waals surface area contributed by atoms with Gasteiger partial charge in [0.15, 0.2) is 9.84 Å². The number of tetrazole rings is 1. The van der Waals surface area contributed by atoms with Crippen molar-refractivity contribution in [3.8, 4) is 11.4 Å². The van der Waals surface area contributed by atoms with Gasteiger partial charge in [0.2, 0.25) is 11.7 Å². The standard InChI is InChI=1S/C20H21N5O3S/c26-19(14-25-22-20(21-23-25)17-9-5-2-6-10-17)24(13-16-7-3-1-4-8-16)18-11-12-29(27,28)15-18/h1-10,18H,11-15H2/t18-/m1/s1. The highest BCUT2D eigenvalue weighted by Crippen LogP contribution is 2.21. The third kappa shape index (κ3) is 4.68. The topological polar surface area (TPSA) is 98.1 Å². The van der Waals surface area contributed by atoms with Gasteiger partial charge in [-0.3, -0.25) is 4.79 Å². The molecule has 0 unspecified atom stereocenters. The second kappa shape index (κ2) is 8.12. The molecule has 1 saturated heterocycles. The van der Waals surface area contributed by atoms with Crippen LogP contribution in [0.5, 0.6) is 0 Å². The van der Waals surface area contributed by atoms with Gasteiger partial charge in [-0.25, -0.2) is 8.42 Å². The number of sulfone groups is 1. The molecule has 9 heteroatoms. The van der Waals surface area contributed by atoms with Gasteiger partial charge in [-0.1, -0.05) is 60.7 Å². The Balaban J connectivity index is 1.53. The van der Waals surface area contributed by atoms with Gasteiger partial charge in [0.25, 0.3) is 0 Å². The molecule has 0 spiro atoms. The second-order valence-corrected chi connectivity index (χ2v) is 9.30. The van der Waals surface area contributed by atoms with Gasteiger partial charge in [0, 0.05) is 18.2 Å². The molecule has 1 aliphatic heterocycles. The van der Waals surface area contributed by atoms with E-state index in [1.54, 1.807) is 4.90 Å². The minimum absolute atomic E-state index is 0.00831. The Morgan fingerprint density at radius 2 is 1.76 bits per heavy atom. The lowest BCUT2D eigenvalue weighted by atomic mass is 10.1. The number of benzene rings is 2. The molecule has 2 aromatic carbocycles. The van der Waals surface area contributed by atoms with Crippen molar-refractivity contribution in [3.05, 3.63) is 66.2 Å². The summed E-state index contributed by atoms with van der Waals surface area (Å²) in [5.41, 5.74) is 1.76. The highest BCUT2D eigenvalue weighted by atomic mass is 32.2. The van der Waals surface area contributed by atoms with Crippen molar-refractivity contribution in [2.24, 2.45) is 0 Å². The molecule has 29 heavy (non-hydrogen) atoms. The Hall–Kier alpha value is -3.07. The Labute approximate surface area is 169 Å². The molecule has 0 bridgehead atoms. The van der Waals surface area contributed by atoms with Crippen LogP contribution in [0.1, 0.15) is 12.0 Å². The van der Waals surface area contributed by atoms with E-state index in [1.807, 2.05) is 60.7 Å². The summed E-state index contributed by atoms with van der Waals surface area (Å²) in [4.78, 5) is 15.9. The van der Waals surface area contributed by atoms with Crippen LogP contribution < -0.4 is 0 Å². The fourth-order valence-electron chi connectivity index (χ4n) is 3.45. The van der Waals surface area contributed by atoms with Crippen LogP contribution in [0.15, 0.2) is 60.7 Å². The van der Waals surface area contributed by atoms with Crippen molar-refractivity contribution < 1.29 is 13.2 Å². The molecule has 1 aromatic heterocycles. The van der Waals surface area contributed by atoms with E-state index >= 15 is 0 Å². The van der Waals surface area contributed by atoms with Crippen LogP contribution in [0, 0.1) is 0 Å². The maximum absolute atomic E-state index is 13.1. The van der Waals surface area contributed by atoms with Crippen LogP contribution in [-0.2, 0) is 27.7 Å². The Kier molecular flexibility index (Phi) is 5.39. The summed E-state index contributed by atoms with van der Waals surface area (Å²) in [5, 5.41) is 12.3. The molecule has 0 aliphatic carbocycles. The van der Waals surface area contributed by atoms with Gasteiger partial charge in [-0.05, 0) is 17.2 Å². The summed E-state index contributed by atoms with van der Waals surface area (Å²) in [6, 6.07) is 18.6. The molecule has 4 rings (SSSR count). The number of carbonyl (C=O) groups is 1. The van der Waals surface area contributed by atoms with Crippen LogP contribution in [0.4, 0.5) is 0 Å². The molecule has 1 amide bonds. The molecule has 8 nitrogen and oxygen atoms in total. The molecule has 1 atom stereocenters. The van der Waals surface area contributed by atoms with Crippen LogP contribution in [0.3, 0.4) is 0 Å². The fourth-order valence-corrected chi connectivity index (χ4v) is 5.18. The van der Waals surface area contributed by atoms with E-state index in [0.717, 1.165) is 11.1 Å². The lowest BCUT2D eigenvalue weighted by Crippen LogP contribution is -2.42. The smallest absolute Gasteiger partial charge is 0.246 e. The van der Waals surface area contributed by atoms with Crippen LogP contribution >= 0.6 is 0 Å². The molecule has 0 radical (unpaired) electrons. The molecule has 1 fully saturated rings. The molecular weight excluding hydrogens is 390 g/mol. The third-order valence-electron chi connectivity index (χ3n) is 4.93. The second-order valence-electron chi connectivity index (χ2n) is 7.07. The molecule has 1 aliphatic rings. The quantitative estimate of drug-likeness (QED) is 0.610. The van der Waals surface area contributed by atoms with Gasteiger partial charge in [-0.15, -0.1) is 10.2 Å². The average molecular weight is 411 g/mol. The number of nitrogens with zero attached hydrogens (tertiary/aromatic N) is 5. The number of amides is 1. The number of carbonyl (C=O) groups excluding carboxylic acids is 1. The largest absolute Gasteiger partial charge is 0.333 e. The lowest BCUT2D eigenvalue weighted by Gasteiger charge is -2.28. The number of rotatable bonds is 6. The fraction of sp³-hybridized carbons (Fsp3) is 0.300. The van der Waals surface area contributed by atoms with E-state index < -0.39 is 9.84 Å². The number of hydrogen-bond donors (Lipinski definition) is 0. The average Bonchev–Trinajstić information content (AvgIpc) is 3.33. The summed E-state index contributed by atoms with van der Waals surface area (Å²) in [5.74, 6) is 0.311. The van der Waals surface area contributed by atoms with Gasteiger partial charge in [0.1, 0.15) is 6.54 Å². The third-order valence-corrected chi connectivity index (χ3v) is 6.68. The molecule has 0 N–H and O–H groups in total. The summed E-state index contributed by atoms with van der Waals surface area (Å²) in [7, 11) is -3.12. The maximum atomic E-state index is 13.1. The molecular formula is C20H21N5O3S.